The molecule has 0 bridgehead atoms. The highest BCUT2D eigenvalue weighted by Crippen LogP contribution is 2.40. The van der Waals surface area contributed by atoms with Crippen molar-refractivity contribution in [3.8, 4) is 0 Å². The van der Waals surface area contributed by atoms with Gasteiger partial charge in [-0.25, -0.2) is 17.9 Å². The van der Waals surface area contributed by atoms with Crippen molar-refractivity contribution in [2.24, 2.45) is 19.5 Å². The Morgan fingerprint density at radius 1 is 1.17 bits per heavy atom. The van der Waals surface area contributed by atoms with Crippen LogP contribution in [0.2, 0.25) is 0 Å². The van der Waals surface area contributed by atoms with Gasteiger partial charge in [-0.15, -0.1) is 0 Å². The lowest BCUT2D eigenvalue weighted by molar-refractivity contribution is -0.132. The number of nitrogens with one attached hydrogen (secondary N) is 1. The van der Waals surface area contributed by atoms with Crippen LogP contribution in [0.3, 0.4) is 0 Å². The highest BCUT2D eigenvalue weighted by molar-refractivity contribution is 7.90. The zero-order chi connectivity index (χ0) is 17.0. The van der Waals surface area contributed by atoms with Crippen molar-refractivity contribution in [1.82, 2.24) is 13.9 Å². The Morgan fingerprint density at radius 2 is 1.78 bits per heavy atom. The van der Waals surface area contributed by atoms with Crippen molar-refractivity contribution < 1.29 is 13.2 Å². The number of nitrogens with zero attached hydrogens (tertiary/aromatic N) is 2. The van der Waals surface area contributed by atoms with Crippen LogP contribution in [0.15, 0.2) is 27.9 Å². The predicted octanol–water partition coefficient (Wildman–Crippen LogP) is 0.872. The molecule has 1 heterocycles. The third-order valence-corrected chi connectivity index (χ3v) is 6.11. The summed E-state index contributed by atoms with van der Waals surface area (Å²) in [6.07, 6.45) is 2.32. The summed E-state index contributed by atoms with van der Waals surface area (Å²) >= 11 is 0. The molecule has 0 radical (unpaired) electrons. The third-order valence-electron chi connectivity index (χ3n) is 4.79. The van der Waals surface area contributed by atoms with E-state index in [0.717, 1.165) is 6.42 Å². The first-order valence-corrected chi connectivity index (χ1v) is 8.87. The molecule has 23 heavy (non-hydrogen) atoms. The molecule has 8 heteroatoms. The lowest BCUT2D eigenvalue weighted by Gasteiger charge is -2.36. The Bertz CT molecular complexity index is 965. The van der Waals surface area contributed by atoms with E-state index in [2.05, 4.69) is 4.72 Å². The fourth-order valence-electron chi connectivity index (χ4n) is 2.89. The standard InChI is InChI=1S/C15H19N3O4S/c1-15(7-4-8-15)13(19)16-23(21,22)10-5-6-11-12(9-10)18(3)14(20)17(11)2/h5-6,9H,4,7-8H2,1-3H3,(H,16,19). The molecule has 124 valence electrons. The van der Waals surface area contributed by atoms with E-state index < -0.39 is 21.3 Å². The molecule has 1 fully saturated rings. The number of sulfonamides is 1. The van der Waals surface area contributed by atoms with E-state index in [0.29, 0.717) is 23.9 Å². The van der Waals surface area contributed by atoms with E-state index in [1.165, 1.54) is 21.3 Å². The van der Waals surface area contributed by atoms with Crippen molar-refractivity contribution in [2.75, 3.05) is 0 Å². The number of amides is 1. The average molecular weight is 337 g/mol. The first kappa shape index (κ1) is 15.8. The minimum atomic E-state index is -3.95. The van der Waals surface area contributed by atoms with Crippen LogP contribution in [0, 0.1) is 5.41 Å². The van der Waals surface area contributed by atoms with E-state index in [1.54, 1.807) is 27.1 Å². The topological polar surface area (TPSA) is 90.2 Å². The van der Waals surface area contributed by atoms with Crippen molar-refractivity contribution in [2.45, 2.75) is 31.1 Å². The maximum absolute atomic E-state index is 12.4. The summed E-state index contributed by atoms with van der Waals surface area (Å²) in [6.45, 7) is 1.77. The number of aryl methyl sites for hydroxylation is 2. The van der Waals surface area contributed by atoms with Gasteiger partial charge < -0.3 is 0 Å². The first-order chi connectivity index (χ1) is 10.7. The lowest BCUT2D eigenvalue weighted by atomic mass is 9.70. The molecular formula is C15H19N3O4S. The Morgan fingerprint density at radius 3 is 2.35 bits per heavy atom. The van der Waals surface area contributed by atoms with E-state index >= 15 is 0 Å². The zero-order valence-electron chi connectivity index (χ0n) is 13.3. The maximum Gasteiger partial charge on any atom is 0.328 e. The molecule has 0 aliphatic heterocycles. The number of benzene rings is 1. The van der Waals surface area contributed by atoms with Crippen LogP contribution in [-0.4, -0.2) is 23.5 Å². The van der Waals surface area contributed by atoms with Crippen molar-refractivity contribution >= 4 is 27.0 Å². The Kier molecular flexibility index (Phi) is 3.40. The highest BCUT2D eigenvalue weighted by Gasteiger charge is 2.41. The van der Waals surface area contributed by atoms with Gasteiger partial charge in [-0.3, -0.25) is 13.9 Å². The number of carbonyl (C=O) groups is 1. The summed E-state index contributed by atoms with van der Waals surface area (Å²) in [4.78, 5) is 24.1. The van der Waals surface area contributed by atoms with Crippen molar-refractivity contribution in [3.63, 3.8) is 0 Å². The molecule has 0 atom stereocenters. The maximum atomic E-state index is 12.4. The van der Waals surface area contributed by atoms with Gasteiger partial charge in [-0.05, 0) is 31.0 Å². The predicted molar refractivity (Wildman–Crippen MR) is 85.4 cm³/mol. The third kappa shape index (κ3) is 2.37. The molecule has 1 aromatic heterocycles. The number of aromatic nitrogens is 2. The normalized spacial score (nSPS) is 17.0. The molecule has 0 saturated heterocycles. The second-order valence-corrected chi connectivity index (χ2v) is 8.08. The van der Waals surface area contributed by atoms with Crippen LogP contribution in [0.4, 0.5) is 0 Å². The minimum absolute atomic E-state index is 0.0255. The van der Waals surface area contributed by atoms with E-state index in [1.807, 2.05) is 0 Å². The number of hydrogen-bond acceptors (Lipinski definition) is 4. The van der Waals surface area contributed by atoms with Crippen LogP contribution in [0.5, 0.6) is 0 Å². The van der Waals surface area contributed by atoms with Gasteiger partial charge in [0, 0.05) is 19.5 Å². The van der Waals surface area contributed by atoms with Gasteiger partial charge in [-0.1, -0.05) is 13.3 Å². The molecule has 1 aliphatic carbocycles. The fourth-order valence-corrected chi connectivity index (χ4v) is 4.01. The molecule has 0 unspecified atom stereocenters. The summed E-state index contributed by atoms with van der Waals surface area (Å²) in [7, 11) is -0.753. The first-order valence-electron chi connectivity index (χ1n) is 7.38. The van der Waals surface area contributed by atoms with Gasteiger partial charge in [0.15, 0.2) is 0 Å². The van der Waals surface area contributed by atoms with E-state index in [-0.39, 0.29) is 10.6 Å². The summed E-state index contributed by atoms with van der Waals surface area (Å²) < 4.78 is 29.9. The van der Waals surface area contributed by atoms with Crippen molar-refractivity contribution in [1.29, 1.82) is 0 Å². The van der Waals surface area contributed by atoms with Crippen LogP contribution < -0.4 is 10.4 Å². The fraction of sp³-hybridized carbons (Fsp3) is 0.467. The smallest absolute Gasteiger partial charge is 0.295 e. The Hall–Kier alpha value is -2.09. The Labute approximate surface area is 134 Å². The minimum Gasteiger partial charge on any atom is -0.295 e. The summed E-state index contributed by atoms with van der Waals surface area (Å²) in [5.41, 5.74) is 0.300. The molecular weight excluding hydrogens is 318 g/mol. The average Bonchev–Trinajstić information content (AvgIpc) is 2.69. The van der Waals surface area contributed by atoms with Gasteiger partial charge >= 0.3 is 5.69 Å². The zero-order valence-corrected chi connectivity index (χ0v) is 14.1. The van der Waals surface area contributed by atoms with Crippen LogP contribution >= 0.6 is 0 Å². The largest absolute Gasteiger partial charge is 0.328 e. The Balaban J connectivity index is 2.00. The van der Waals surface area contributed by atoms with Gasteiger partial charge in [0.05, 0.1) is 15.9 Å². The number of rotatable bonds is 3. The van der Waals surface area contributed by atoms with E-state index in [4.69, 9.17) is 0 Å². The summed E-state index contributed by atoms with van der Waals surface area (Å²) in [5, 5.41) is 0. The SMILES string of the molecule is Cn1c(=O)n(C)c2cc(S(=O)(=O)NC(=O)C3(C)CCC3)ccc21. The molecule has 2 aromatic rings. The second-order valence-electron chi connectivity index (χ2n) is 6.40. The second kappa shape index (κ2) is 4.95. The summed E-state index contributed by atoms with van der Waals surface area (Å²) in [5.74, 6) is -0.467. The molecule has 7 nitrogen and oxygen atoms in total. The quantitative estimate of drug-likeness (QED) is 0.900. The van der Waals surface area contributed by atoms with Gasteiger partial charge in [0.2, 0.25) is 5.91 Å². The number of carbonyl (C=O) groups excluding carboxylic acids is 1. The number of imidazole rings is 1. The molecule has 1 N–H and O–H groups in total. The van der Waals surface area contributed by atoms with Crippen molar-refractivity contribution in [3.05, 3.63) is 28.7 Å². The highest BCUT2D eigenvalue weighted by atomic mass is 32.2. The molecule has 3 rings (SSSR count). The van der Waals surface area contributed by atoms with Gasteiger partial charge in [-0.2, -0.15) is 0 Å². The monoisotopic (exact) mass is 337 g/mol. The molecule has 1 aliphatic rings. The molecule has 1 saturated carbocycles. The van der Waals surface area contributed by atoms with Crippen LogP contribution in [-0.2, 0) is 28.9 Å². The number of hydrogen-bond donors (Lipinski definition) is 1. The number of fused-ring (bicyclic) bond motifs is 1. The summed E-state index contributed by atoms with van der Waals surface area (Å²) in [6, 6.07) is 4.39. The van der Waals surface area contributed by atoms with Gasteiger partial charge in [0.25, 0.3) is 10.0 Å². The van der Waals surface area contributed by atoms with Crippen LogP contribution in [0.25, 0.3) is 11.0 Å². The van der Waals surface area contributed by atoms with E-state index in [9.17, 15) is 18.0 Å². The molecule has 0 spiro atoms. The van der Waals surface area contributed by atoms with Crippen LogP contribution in [0.1, 0.15) is 26.2 Å². The molecule has 1 aromatic carbocycles. The molecule has 1 amide bonds. The van der Waals surface area contributed by atoms with Gasteiger partial charge in [0.1, 0.15) is 0 Å². The lowest BCUT2D eigenvalue weighted by Crippen LogP contribution is -2.45.